The molecule has 0 aliphatic rings. The first-order valence-electron chi connectivity index (χ1n) is 7.47. The molecule has 0 spiro atoms. The molecule has 0 aliphatic heterocycles. The number of carbonyl (C=O) groups excluding carboxylic acids is 1. The lowest BCUT2D eigenvalue weighted by molar-refractivity contribution is -0.384. The average Bonchev–Trinajstić information content (AvgIpc) is 2.60. The van der Waals surface area contributed by atoms with Gasteiger partial charge in [0.2, 0.25) is 6.04 Å². The zero-order valence-corrected chi connectivity index (χ0v) is 13.7. The van der Waals surface area contributed by atoms with Crippen molar-refractivity contribution in [2.75, 3.05) is 0 Å². The first kappa shape index (κ1) is 18.7. The summed E-state index contributed by atoms with van der Waals surface area (Å²) in [6.45, 7) is 1.27. The molecule has 9 nitrogen and oxygen atoms in total. The van der Waals surface area contributed by atoms with E-state index in [1.807, 2.05) is 30.3 Å². The van der Waals surface area contributed by atoms with Gasteiger partial charge in [0.15, 0.2) is 11.5 Å². The van der Waals surface area contributed by atoms with Gasteiger partial charge in [-0.15, -0.1) is 5.11 Å². The molecule has 2 rings (SSSR count). The van der Waals surface area contributed by atoms with Gasteiger partial charge in [-0.25, -0.2) is 4.79 Å². The SMILES string of the molecule is CC(=O)C(N=Nc1ccc(OCc2ccccc2)cc1[N+](=O)[O-])C(=O)O. The minimum absolute atomic E-state index is 0.172. The van der Waals surface area contributed by atoms with E-state index >= 15 is 0 Å². The minimum atomic E-state index is -1.70. The molecule has 9 heteroatoms. The van der Waals surface area contributed by atoms with Crippen LogP contribution in [0.5, 0.6) is 5.75 Å². The zero-order chi connectivity index (χ0) is 19.1. The topological polar surface area (TPSA) is 131 Å². The summed E-state index contributed by atoms with van der Waals surface area (Å²) >= 11 is 0. The van der Waals surface area contributed by atoms with Crippen LogP contribution in [0.15, 0.2) is 58.8 Å². The molecule has 1 N–H and O–H groups in total. The number of carbonyl (C=O) groups is 2. The highest BCUT2D eigenvalue weighted by Crippen LogP contribution is 2.32. The van der Waals surface area contributed by atoms with Gasteiger partial charge in [-0.05, 0) is 24.6 Å². The monoisotopic (exact) mass is 357 g/mol. The number of ketones is 1. The van der Waals surface area contributed by atoms with Gasteiger partial charge in [0.1, 0.15) is 12.4 Å². The molecule has 1 atom stereocenters. The van der Waals surface area contributed by atoms with E-state index in [4.69, 9.17) is 9.84 Å². The van der Waals surface area contributed by atoms with Gasteiger partial charge in [-0.3, -0.25) is 14.9 Å². The summed E-state index contributed by atoms with van der Waals surface area (Å²) in [5.74, 6) is -1.96. The number of Topliss-reactive ketones (excluding diaryl/α,β-unsaturated/α-hetero) is 1. The maximum absolute atomic E-state index is 11.2. The van der Waals surface area contributed by atoms with Crippen molar-refractivity contribution >= 4 is 23.1 Å². The number of rotatable bonds is 8. The first-order valence-corrected chi connectivity index (χ1v) is 7.47. The number of nitrogens with zero attached hydrogens (tertiary/aromatic N) is 3. The zero-order valence-electron chi connectivity index (χ0n) is 13.7. The second kappa shape index (κ2) is 8.47. The molecule has 0 bridgehead atoms. The van der Waals surface area contributed by atoms with E-state index in [1.165, 1.54) is 18.2 Å². The Morgan fingerprint density at radius 2 is 1.92 bits per heavy atom. The predicted octanol–water partition coefficient (Wildman–Crippen LogP) is 3.30. The molecule has 0 aromatic heterocycles. The number of hydrogen-bond donors (Lipinski definition) is 1. The van der Waals surface area contributed by atoms with E-state index in [9.17, 15) is 19.7 Å². The summed E-state index contributed by atoms with van der Waals surface area (Å²) in [5, 5.41) is 27.1. The van der Waals surface area contributed by atoms with E-state index in [2.05, 4.69) is 10.2 Å². The molecule has 2 aromatic carbocycles. The summed E-state index contributed by atoms with van der Waals surface area (Å²) in [6.07, 6.45) is 0. The van der Waals surface area contributed by atoms with Crippen LogP contribution in [0.3, 0.4) is 0 Å². The van der Waals surface area contributed by atoms with Crippen molar-refractivity contribution in [3.8, 4) is 5.75 Å². The number of carboxylic acids is 1. The van der Waals surface area contributed by atoms with E-state index in [0.717, 1.165) is 12.5 Å². The fraction of sp³-hybridized carbons (Fsp3) is 0.176. The van der Waals surface area contributed by atoms with Crippen molar-refractivity contribution < 1.29 is 24.4 Å². The molecular formula is C17H15N3O6. The van der Waals surface area contributed by atoms with E-state index in [1.54, 1.807) is 0 Å². The van der Waals surface area contributed by atoms with Gasteiger partial charge >= 0.3 is 5.97 Å². The predicted molar refractivity (Wildman–Crippen MR) is 90.5 cm³/mol. The Kier molecular flexibility index (Phi) is 6.10. The van der Waals surface area contributed by atoms with Crippen LogP contribution in [0.25, 0.3) is 0 Å². The Bertz CT molecular complexity index is 837. The molecule has 0 radical (unpaired) electrons. The lowest BCUT2D eigenvalue weighted by atomic mass is 10.2. The van der Waals surface area contributed by atoms with Crippen molar-refractivity contribution in [2.24, 2.45) is 10.2 Å². The van der Waals surface area contributed by atoms with Crippen molar-refractivity contribution in [1.29, 1.82) is 0 Å². The largest absolute Gasteiger partial charge is 0.489 e. The highest BCUT2D eigenvalue weighted by Gasteiger charge is 2.23. The van der Waals surface area contributed by atoms with Crippen LogP contribution in [0, 0.1) is 10.1 Å². The number of carboxylic acid groups (broad SMARTS) is 1. The van der Waals surface area contributed by atoms with E-state index < -0.39 is 28.4 Å². The Balaban J connectivity index is 2.21. The highest BCUT2D eigenvalue weighted by atomic mass is 16.6. The highest BCUT2D eigenvalue weighted by molar-refractivity contribution is 6.01. The molecule has 0 fully saturated rings. The molecule has 0 saturated heterocycles. The Morgan fingerprint density at radius 3 is 2.50 bits per heavy atom. The van der Waals surface area contributed by atoms with Gasteiger partial charge in [0.25, 0.3) is 5.69 Å². The lowest BCUT2D eigenvalue weighted by Gasteiger charge is -2.07. The number of azo groups is 1. The molecule has 0 heterocycles. The maximum atomic E-state index is 11.2. The third kappa shape index (κ3) is 4.94. The maximum Gasteiger partial charge on any atom is 0.338 e. The number of ether oxygens (including phenoxy) is 1. The van der Waals surface area contributed by atoms with Crippen LogP contribution in [-0.4, -0.2) is 27.8 Å². The molecule has 1 unspecified atom stereocenters. The summed E-state index contributed by atoms with van der Waals surface area (Å²) in [7, 11) is 0. The van der Waals surface area contributed by atoms with Crippen LogP contribution in [-0.2, 0) is 16.2 Å². The minimum Gasteiger partial charge on any atom is -0.489 e. The number of benzene rings is 2. The standard InChI is InChI=1S/C17H15N3O6/c1-11(21)16(17(22)23)19-18-14-8-7-13(9-15(14)20(24)25)26-10-12-5-3-2-4-6-12/h2-9,16H,10H2,1H3,(H,22,23). The fourth-order valence-electron chi connectivity index (χ4n) is 1.99. The molecule has 134 valence electrons. The van der Waals surface area contributed by atoms with Crippen LogP contribution >= 0.6 is 0 Å². The van der Waals surface area contributed by atoms with Gasteiger partial charge in [0, 0.05) is 0 Å². The molecule has 0 aliphatic carbocycles. The first-order chi connectivity index (χ1) is 12.4. The number of nitro benzene ring substituents is 1. The van der Waals surface area contributed by atoms with Crippen molar-refractivity contribution in [1.82, 2.24) is 0 Å². The molecule has 26 heavy (non-hydrogen) atoms. The second-order valence-corrected chi connectivity index (χ2v) is 5.25. The van der Waals surface area contributed by atoms with Crippen molar-refractivity contribution in [3.05, 3.63) is 64.2 Å². The van der Waals surface area contributed by atoms with Gasteiger partial charge in [-0.1, -0.05) is 30.3 Å². The van der Waals surface area contributed by atoms with Crippen molar-refractivity contribution in [2.45, 2.75) is 19.6 Å². The normalized spacial score (nSPS) is 11.9. The molecule has 0 saturated carbocycles. The number of aliphatic carboxylic acids is 1. The van der Waals surface area contributed by atoms with Crippen LogP contribution in [0.4, 0.5) is 11.4 Å². The third-order valence-corrected chi connectivity index (χ3v) is 3.29. The summed E-state index contributed by atoms with van der Waals surface area (Å²) in [4.78, 5) is 32.7. The summed E-state index contributed by atoms with van der Waals surface area (Å²) in [5.41, 5.74) is 0.311. The third-order valence-electron chi connectivity index (χ3n) is 3.29. The Hall–Kier alpha value is -3.62. The summed E-state index contributed by atoms with van der Waals surface area (Å²) < 4.78 is 5.51. The summed E-state index contributed by atoms with van der Waals surface area (Å²) in [6, 6.07) is 11.4. The van der Waals surface area contributed by atoms with Gasteiger partial charge in [-0.2, -0.15) is 5.11 Å². The average molecular weight is 357 g/mol. The Morgan fingerprint density at radius 1 is 1.23 bits per heavy atom. The smallest absolute Gasteiger partial charge is 0.338 e. The second-order valence-electron chi connectivity index (χ2n) is 5.25. The van der Waals surface area contributed by atoms with Crippen molar-refractivity contribution in [3.63, 3.8) is 0 Å². The van der Waals surface area contributed by atoms with Crippen LogP contribution in [0.2, 0.25) is 0 Å². The Labute approximate surface area is 148 Å². The molecule has 2 aromatic rings. The molecular weight excluding hydrogens is 342 g/mol. The number of hydrogen-bond acceptors (Lipinski definition) is 7. The van der Waals surface area contributed by atoms with Gasteiger partial charge < -0.3 is 9.84 Å². The van der Waals surface area contributed by atoms with Crippen LogP contribution < -0.4 is 4.74 Å². The number of nitro groups is 1. The van der Waals surface area contributed by atoms with Gasteiger partial charge in [0.05, 0.1) is 11.0 Å². The molecule has 0 amide bonds. The van der Waals surface area contributed by atoms with E-state index in [0.29, 0.717) is 0 Å². The van der Waals surface area contributed by atoms with E-state index in [-0.39, 0.29) is 18.0 Å². The van der Waals surface area contributed by atoms with Crippen LogP contribution in [0.1, 0.15) is 12.5 Å². The fourth-order valence-corrected chi connectivity index (χ4v) is 1.99. The quantitative estimate of drug-likeness (QED) is 0.334. The lowest BCUT2D eigenvalue weighted by Crippen LogP contribution is -2.25.